The number of halogens is 3. The lowest BCUT2D eigenvalue weighted by Gasteiger charge is -2.20. The normalized spacial score (nSPS) is 19.1. The van der Waals surface area contributed by atoms with Gasteiger partial charge < -0.3 is 5.43 Å². The second kappa shape index (κ2) is 6.23. The number of Topliss-reactive ketones (excluding diaryl/α,β-unsaturated/α-hetero) is 1. The van der Waals surface area contributed by atoms with Gasteiger partial charge in [-0.2, -0.15) is 13.2 Å². The summed E-state index contributed by atoms with van der Waals surface area (Å²) in [6.07, 6.45) is -0.986. The van der Waals surface area contributed by atoms with Crippen LogP contribution in [0.3, 0.4) is 0 Å². The highest BCUT2D eigenvalue weighted by Gasteiger charge is 2.52. The number of nitrogens with zero attached hydrogens (tertiary/aromatic N) is 3. The predicted octanol–water partition coefficient (Wildman–Crippen LogP) is 0.982. The van der Waals surface area contributed by atoms with E-state index in [0.29, 0.717) is 4.90 Å². The van der Waals surface area contributed by atoms with Crippen LogP contribution in [0.1, 0.15) is 16.1 Å². The SMILES string of the molecule is O=C(C1=C2C(=O)N(c3ccccc3C(F)(F)F)C(=O)[C@H]2NN1)c1cnccn1. The Balaban J connectivity index is 1.80. The Morgan fingerprint density at radius 1 is 1.14 bits per heavy atom. The average molecular weight is 389 g/mol. The standard InChI is InChI=1S/C17H10F3N5O3/c18-17(19,20)8-3-1-2-4-10(8)25-15(27)11-12(23-24-13(11)16(25)28)14(26)9-7-21-5-6-22-9/h1-7,13,23-24H/t13-/m0/s1. The molecule has 2 aliphatic rings. The van der Waals surface area contributed by atoms with Gasteiger partial charge in [-0.05, 0) is 12.1 Å². The molecule has 8 nitrogen and oxygen atoms in total. The molecule has 2 aromatic rings. The number of hydrazine groups is 1. The fourth-order valence-electron chi connectivity index (χ4n) is 3.05. The van der Waals surface area contributed by atoms with Gasteiger partial charge in [-0.25, -0.2) is 15.3 Å². The fourth-order valence-corrected chi connectivity index (χ4v) is 3.05. The van der Waals surface area contributed by atoms with Crippen LogP contribution >= 0.6 is 0 Å². The summed E-state index contributed by atoms with van der Waals surface area (Å²) in [5.41, 5.74) is 2.59. The number of fused-ring (bicyclic) bond motifs is 1. The van der Waals surface area contributed by atoms with Gasteiger partial charge in [-0.1, -0.05) is 12.1 Å². The van der Waals surface area contributed by atoms with Crippen molar-refractivity contribution in [1.82, 2.24) is 20.8 Å². The number of anilines is 1. The van der Waals surface area contributed by atoms with Crippen molar-refractivity contribution < 1.29 is 27.6 Å². The van der Waals surface area contributed by atoms with Gasteiger partial charge in [0.1, 0.15) is 17.4 Å². The van der Waals surface area contributed by atoms with E-state index in [0.717, 1.165) is 18.2 Å². The Kier molecular flexibility index (Phi) is 3.96. The van der Waals surface area contributed by atoms with Crippen molar-refractivity contribution in [2.75, 3.05) is 4.90 Å². The highest BCUT2D eigenvalue weighted by atomic mass is 19.4. The van der Waals surface area contributed by atoms with Crippen LogP contribution in [0.25, 0.3) is 0 Å². The molecule has 3 heterocycles. The second-order valence-corrected chi connectivity index (χ2v) is 5.90. The predicted molar refractivity (Wildman–Crippen MR) is 87.4 cm³/mol. The van der Waals surface area contributed by atoms with Crippen molar-refractivity contribution in [3.63, 3.8) is 0 Å². The van der Waals surface area contributed by atoms with Crippen LogP contribution in [0, 0.1) is 0 Å². The van der Waals surface area contributed by atoms with E-state index in [9.17, 15) is 27.6 Å². The number of carbonyl (C=O) groups is 3. The first-order valence-electron chi connectivity index (χ1n) is 7.91. The molecule has 2 amide bonds. The number of rotatable bonds is 3. The lowest BCUT2D eigenvalue weighted by molar-refractivity contribution is -0.137. The number of ketones is 1. The molecule has 1 fully saturated rings. The zero-order chi connectivity index (χ0) is 20.1. The summed E-state index contributed by atoms with van der Waals surface area (Å²) in [6, 6.07) is 2.95. The summed E-state index contributed by atoms with van der Waals surface area (Å²) >= 11 is 0. The van der Waals surface area contributed by atoms with Crippen molar-refractivity contribution in [3.05, 3.63) is 65.4 Å². The van der Waals surface area contributed by atoms with Crippen molar-refractivity contribution in [1.29, 1.82) is 0 Å². The number of benzene rings is 1. The number of aromatic nitrogens is 2. The highest BCUT2D eigenvalue weighted by Crippen LogP contribution is 2.39. The van der Waals surface area contributed by atoms with Crippen LogP contribution in [-0.4, -0.2) is 33.6 Å². The first kappa shape index (κ1) is 17.8. The van der Waals surface area contributed by atoms with Gasteiger partial charge in [0.2, 0.25) is 5.78 Å². The molecular weight excluding hydrogens is 379 g/mol. The first-order valence-corrected chi connectivity index (χ1v) is 7.91. The molecular formula is C17H10F3N5O3. The van der Waals surface area contributed by atoms with Gasteiger partial charge >= 0.3 is 6.18 Å². The molecule has 1 aromatic heterocycles. The van der Waals surface area contributed by atoms with Crippen LogP contribution in [0.2, 0.25) is 0 Å². The number of hydrogen-bond acceptors (Lipinski definition) is 7. The third-order valence-corrected chi connectivity index (χ3v) is 4.27. The molecule has 142 valence electrons. The van der Waals surface area contributed by atoms with Gasteiger partial charge in [-0.15, -0.1) is 0 Å². The molecule has 1 saturated heterocycles. The zero-order valence-electron chi connectivity index (χ0n) is 13.8. The monoisotopic (exact) mass is 389 g/mol. The maximum Gasteiger partial charge on any atom is 0.418 e. The Labute approximate surface area is 155 Å². The summed E-state index contributed by atoms with van der Waals surface area (Å²) < 4.78 is 39.9. The highest BCUT2D eigenvalue weighted by molar-refractivity contribution is 6.33. The minimum atomic E-state index is -4.77. The van der Waals surface area contributed by atoms with Crippen LogP contribution in [0.5, 0.6) is 0 Å². The average Bonchev–Trinajstić information content (AvgIpc) is 3.22. The Hall–Kier alpha value is -3.60. The minimum absolute atomic E-state index is 0.0886. The van der Waals surface area contributed by atoms with E-state index in [4.69, 9.17) is 0 Å². The van der Waals surface area contributed by atoms with Crippen molar-refractivity contribution >= 4 is 23.3 Å². The van der Waals surface area contributed by atoms with Crippen molar-refractivity contribution in [2.45, 2.75) is 12.2 Å². The van der Waals surface area contributed by atoms with Gasteiger partial charge in [-0.3, -0.25) is 19.4 Å². The molecule has 11 heteroatoms. The van der Waals surface area contributed by atoms with E-state index in [1.807, 2.05) is 0 Å². The van der Waals surface area contributed by atoms with Crippen LogP contribution in [0.4, 0.5) is 18.9 Å². The molecule has 28 heavy (non-hydrogen) atoms. The summed E-state index contributed by atoms with van der Waals surface area (Å²) in [5, 5.41) is 0. The number of para-hydroxylation sites is 1. The molecule has 0 saturated carbocycles. The molecule has 2 N–H and O–H groups in total. The van der Waals surface area contributed by atoms with E-state index < -0.39 is 41.1 Å². The van der Waals surface area contributed by atoms with Gasteiger partial charge in [0.15, 0.2) is 0 Å². The molecule has 0 unspecified atom stereocenters. The largest absolute Gasteiger partial charge is 0.418 e. The summed E-state index contributed by atoms with van der Waals surface area (Å²) in [5.74, 6) is -2.66. The molecule has 1 atom stereocenters. The molecule has 1 aromatic carbocycles. The van der Waals surface area contributed by atoms with Crippen LogP contribution in [0.15, 0.2) is 54.1 Å². The quantitative estimate of drug-likeness (QED) is 0.596. The number of hydrogen-bond donors (Lipinski definition) is 2. The first-order chi connectivity index (χ1) is 13.3. The molecule has 0 radical (unpaired) electrons. The van der Waals surface area contributed by atoms with Gasteiger partial charge in [0.05, 0.1) is 23.0 Å². The number of allylic oxidation sites excluding steroid dienone is 1. The lowest BCUT2D eigenvalue weighted by Crippen LogP contribution is -2.43. The van der Waals surface area contributed by atoms with Gasteiger partial charge in [0.25, 0.3) is 11.8 Å². The number of carbonyl (C=O) groups excluding carboxylic acids is 3. The minimum Gasteiger partial charge on any atom is -0.316 e. The third kappa shape index (κ3) is 2.63. The molecule has 0 bridgehead atoms. The third-order valence-electron chi connectivity index (χ3n) is 4.27. The number of amides is 2. The van der Waals surface area contributed by atoms with Crippen molar-refractivity contribution in [3.8, 4) is 0 Å². The second-order valence-electron chi connectivity index (χ2n) is 5.90. The van der Waals surface area contributed by atoms with E-state index in [1.54, 1.807) is 0 Å². The Bertz CT molecular complexity index is 1040. The lowest BCUT2D eigenvalue weighted by atomic mass is 10.1. The summed E-state index contributed by atoms with van der Waals surface area (Å²) in [7, 11) is 0. The van der Waals surface area contributed by atoms with Crippen molar-refractivity contribution in [2.24, 2.45) is 0 Å². The Morgan fingerprint density at radius 3 is 2.57 bits per heavy atom. The maximum atomic E-state index is 13.3. The fraction of sp³-hybridized carbons (Fsp3) is 0.118. The smallest absolute Gasteiger partial charge is 0.316 e. The maximum absolute atomic E-state index is 13.3. The topological polar surface area (TPSA) is 104 Å². The number of alkyl halides is 3. The molecule has 0 aliphatic carbocycles. The van der Waals surface area contributed by atoms with E-state index in [1.165, 1.54) is 24.7 Å². The number of nitrogens with one attached hydrogen (secondary N) is 2. The van der Waals surface area contributed by atoms with E-state index in [-0.39, 0.29) is 17.0 Å². The zero-order valence-corrected chi connectivity index (χ0v) is 13.8. The van der Waals surface area contributed by atoms with Crippen LogP contribution in [-0.2, 0) is 15.8 Å². The molecule has 2 aliphatic heterocycles. The van der Waals surface area contributed by atoms with Gasteiger partial charge in [0, 0.05) is 12.4 Å². The molecule has 0 spiro atoms. The van der Waals surface area contributed by atoms with E-state index >= 15 is 0 Å². The van der Waals surface area contributed by atoms with E-state index in [2.05, 4.69) is 20.8 Å². The van der Waals surface area contributed by atoms with Crippen LogP contribution < -0.4 is 15.8 Å². The Morgan fingerprint density at radius 2 is 1.89 bits per heavy atom. The summed E-state index contributed by atoms with van der Waals surface area (Å²) in [4.78, 5) is 46.1. The number of imide groups is 1. The summed E-state index contributed by atoms with van der Waals surface area (Å²) in [6.45, 7) is 0. The molecule has 4 rings (SSSR count).